The van der Waals surface area contributed by atoms with E-state index in [9.17, 15) is 19.1 Å². The first kappa shape index (κ1) is 13.5. The largest absolute Gasteiger partial charge is 0.480 e. The molecular weight excluding hydrogens is 249 g/mol. The molecule has 1 aliphatic rings. The molecular formula is C14H16FNO3. The molecule has 1 aromatic carbocycles. The van der Waals surface area contributed by atoms with Crippen LogP contribution < -0.4 is 0 Å². The number of carbonyl (C=O) groups is 2. The summed E-state index contributed by atoms with van der Waals surface area (Å²) in [6.07, 6.45) is 0.670. The van der Waals surface area contributed by atoms with E-state index in [2.05, 4.69) is 0 Å². The Morgan fingerprint density at radius 2 is 2.11 bits per heavy atom. The minimum absolute atomic E-state index is 0.0667. The third-order valence-electron chi connectivity index (χ3n) is 3.62. The molecule has 1 N–H and O–H groups in total. The van der Waals surface area contributed by atoms with E-state index in [4.69, 9.17) is 0 Å². The van der Waals surface area contributed by atoms with E-state index in [1.165, 1.54) is 23.1 Å². The molecule has 1 aromatic rings. The number of benzene rings is 1. The summed E-state index contributed by atoms with van der Waals surface area (Å²) in [5.74, 6) is -1.78. The number of hydrogen-bond donors (Lipinski definition) is 1. The maximum Gasteiger partial charge on any atom is 0.326 e. The zero-order valence-electron chi connectivity index (χ0n) is 10.9. The van der Waals surface area contributed by atoms with Crippen molar-refractivity contribution in [3.8, 4) is 0 Å². The van der Waals surface area contributed by atoms with Crippen molar-refractivity contribution in [1.29, 1.82) is 0 Å². The van der Waals surface area contributed by atoms with Gasteiger partial charge in [-0.15, -0.1) is 0 Å². The predicted octanol–water partition coefficient (Wildman–Crippen LogP) is 2.07. The molecule has 1 heterocycles. The molecule has 0 bridgehead atoms. The Hall–Kier alpha value is -1.91. The van der Waals surface area contributed by atoms with Crippen LogP contribution in [0.15, 0.2) is 18.2 Å². The lowest BCUT2D eigenvalue weighted by Crippen LogP contribution is -2.42. The zero-order valence-corrected chi connectivity index (χ0v) is 10.9. The Morgan fingerprint density at radius 1 is 1.42 bits per heavy atom. The molecule has 0 saturated carbocycles. The number of aliphatic carboxylic acids is 1. The van der Waals surface area contributed by atoms with Crippen molar-refractivity contribution in [1.82, 2.24) is 4.90 Å². The molecule has 19 heavy (non-hydrogen) atoms. The van der Waals surface area contributed by atoms with Crippen LogP contribution in [0.3, 0.4) is 0 Å². The zero-order chi connectivity index (χ0) is 14.2. The summed E-state index contributed by atoms with van der Waals surface area (Å²) in [5.41, 5.74) is 0.712. The van der Waals surface area contributed by atoms with Crippen molar-refractivity contribution in [3.05, 3.63) is 35.1 Å². The van der Waals surface area contributed by atoms with E-state index in [0.29, 0.717) is 24.1 Å². The normalized spacial score (nSPS) is 22.6. The Kier molecular flexibility index (Phi) is 3.55. The van der Waals surface area contributed by atoms with Gasteiger partial charge < -0.3 is 10.0 Å². The topological polar surface area (TPSA) is 57.6 Å². The summed E-state index contributed by atoms with van der Waals surface area (Å²) in [4.78, 5) is 24.9. The van der Waals surface area contributed by atoms with E-state index < -0.39 is 12.0 Å². The van der Waals surface area contributed by atoms with E-state index in [0.717, 1.165) is 0 Å². The van der Waals surface area contributed by atoms with E-state index in [-0.39, 0.29) is 17.6 Å². The number of aryl methyl sites for hydroxylation is 1. The lowest BCUT2D eigenvalue weighted by molar-refractivity contribution is -0.142. The van der Waals surface area contributed by atoms with Crippen LogP contribution in [0.25, 0.3) is 0 Å². The van der Waals surface area contributed by atoms with Crippen LogP contribution in [0.2, 0.25) is 0 Å². The fraction of sp³-hybridized carbons (Fsp3) is 0.429. The maximum atomic E-state index is 13.2. The third-order valence-corrected chi connectivity index (χ3v) is 3.62. The summed E-state index contributed by atoms with van der Waals surface area (Å²) in [7, 11) is 0. The second-order valence-corrected chi connectivity index (χ2v) is 5.01. The highest BCUT2D eigenvalue weighted by molar-refractivity contribution is 5.97. The Morgan fingerprint density at radius 3 is 2.68 bits per heavy atom. The number of nitrogens with zero attached hydrogens (tertiary/aromatic N) is 1. The maximum absolute atomic E-state index is 13.2. The minimum atomic E-state index is -0.989. The van der Waals surface area contributed by atoms with E-state index >= 15 is 0 Å². The van der Waals surface area contributed by atoms with Crippen molar-refractivity contribution < 1.29 is 19.1 Å². The standard InChI is InChI=1S/C14H16FNO3/c1-8-5-6-16(12(8)14(18)19)13(17)10-3-4-11(15)9(2)7-10/h3-4,7-8,12H,5-6H2,1-2H3,(H,18,19). The van der Waals surface area contributed by atoms with Gasteiger partial charge >= 0.3 is 5.97 Å². The Bertz CT molecular complexity index is 529. The highest BCUT2D eigenvalue weighted by Crippen LogP contribution is 2.26. The van der Waals surface area contributed by atoms with Gasteiger partial charge in [-0.25, -0.2) is 9.18 Å². The van der Waals surface area contributed by atoms with Crippen LogP contribution in [0, 0.1) is 18.7 Å². The van der Waals surface area contributed by atoms with Gasteiger partial charge in [0, 0.05) is 12.1 Å². The number of halogens is 1. The number of rotatable bonds is 2. The molecule has 0 radical (unpaired) electrons. The number of hydrogen-bond acceptors (Lipinski definition) is 2. The summed E-state index contributed by atoms with van der Waals surface area (Å²) >= 11 is 0. The van der Waals surface area contributed by atoms with Crippen LogP contribution in [0.1, 0.15) is 29.3 Å². The molecule has 102 valence electrons. The van der Waals surface area contributed by atoms with Crippen molar-refractivity contribution in [3.63, 3.8) is 0 Å². The van der Waals surface area contributed by atoms with Gasteiger partial charge in [-0.2, -0.15) is 0 Å². The van der Waals surface area contributed by atoms with Crippen LogP contribution in [0.5, 0.6) is 0 Å². The van der Waals surface area contributed by atoms with Gasteiger partial charge in [0.25, 0.3) is 5.91 Å². The van der Waals surface area contributed by atoms with Gasteiger partial charge in [0.1, 0.15) is 11.9 Å². The lowest BCUT2D eigenvalue weighted by Gasteiger charge is -2.23. The number of carboxylic acid groups (broad SMARTS) is 1. The molecule has 5 heteroatoms. The molecule has 2 unspecified atom stereocenters. The highest BCUT2D eigenvalue weighted by Gasteiger charge is 2.39. The fourth-order valence-electron chi connectivity index (χ4n) is 2.49. The average Bonchev–Trinajstić information content (AvgIpc) is 2.74. The third kappa shape index (κ3) is 2.45. The van der Waals surface area contributed by atoms with Crippen molar-refractivity contribution in [2.75, 3.05) is 6.54 Å². The molecule has 1 aliphatic heterocycles. The van der Waals surface area contributed by atoms with Gasteiger partial charge in [0.2, 0.25) is 0 Å². The number of carboxylic acids is 1. The first-order chi connectivity index (χ1) is 8.91. The molecule has 1 fully saturated rings. The second-order valence-electron chi connectivity index (χ2n) is 5.01. The molecule has 2 atom stereocenters. The first-order valence-corrected chi connectivity index (χ1v) is 6.21. The summed E-state index contributed by atoms with van der Waals surface area (Å²) < 4.78 is 13.2. The van der Waals surface area contributed by atoms with Gasteiger partial charge in [0.05, 0.1) is 0 Å². The summed E-state index contributed by atoms with van der Waals surface area (Å²) in [6, 6.07) is 3.29. The van der Waals surface area contributed by atoms with Gasteiger partial charge in [-0.1, -0.05) is 6.92 Å². The highest BCUT2D eigenvalue weighted by atomic mass is 19.1. The molecule has 0 aliphatic carbocycles. The van der Waals surface area contributed by atoms with Crippen LogP contribution in [-0.2, 0) is 4.79 Å². The van der Waals surface area contributed by atoms with Crippen molar-refractivity contribution in [2.24, 2.45) is 5.92 Å². The van der Waals surface area contributed by atoms with E-state index in [1.54, 1.807) is 6.92 Å². The number of likely N-dealkylation sites (tertiary alicyclic amines) is 1. The van der Waals surface area contributed by atoms with Crippen molar-refractivity contribution >= 4 is 11.9 Å². The monoisotopic (exact) mass is 265 g/mol. The Labute approximate surface area is 110 Å². The first-order valence-electron chi connectivity index (χ1n) is 6.21. The fourth-order valence-corrected chi connectivity index (χ4v) is 2.49. The smallest absolute Gasteiger partial charge is 0.326 e. The predicted molar refractivity (Wildman–Crippen MR) is 67.4 cm³/mol. The van der Waals surface area contributed by atoms with Gasteiger partial charge in [-0.3, -0.25) is 4.79 Å². The SMILES string of the molecule is Cc1cc(C(=O)N2CCC(C)C2C(=O)O)ccc1F. The van der Waals surface area contributed by atoms with Gasteiger partial charge in [-0.05, 0) is 43.0 Å². The molecule has 0 spiro atoms. The number of carbonyl (C=O) groups excluding carboxylic acids is 1. The summed E-state index contributed by atoms with van der Waals surface area (Å²) in [6.45, 7) is 3.82. The average molecular weight is 265 g/mol. The Balaban J connectivity index is 2.28. The lowest BCUT2D eigenvalue weighted by atomic mass is 10.0. The number of amides is 1. The van der Waals surface area contributed by atoms with Gasteiger partial charge in [0.15, 0.2) is 0 Å². The molecule has 2 rings (SSSR count). The molecule has 1 saturated heterocycles. The van der Waals surface area contributed by atoms with E-state index in [1.807, 2.05) is 6.92 Å². The van der Waals surface area contributed by atoms with Crippen LogP contribution in [-0.4, -0.2) is 34.5 Å². The van der Waals surface area contributed by atoms with Crippen LogP contribution >= 0.6 is 0 Å². The quantitative estimate of drug-likeness (QED) is 0.890. The molecule has 4 nitrogen and oxygen atoms in total. The molecule has 1 amide bonds. The summed E-state index contributed by atoms with van der Waals surface area (Å²) in [5, 5.41) is 9.19. The van der Waals surface area contributed by atoms with Crippen molar-refractivity contribution in [2.45, 2.75) is 26.3 Å². The van der Waals surface area contributed by atoms with Crippen LogP contribution in [0.4, 0.5) is 4.39 Å². The molecule has 0 aromatic heterocycles. The second kappa shape index (κ2) is 4.99. The minimum Gasteiger partial charge on any atom is -0.480 e.